The molecule has 0 aliphatic rings. The zero-order valence-electron chi connectivity index (χ0n) is 21.5. The van der Waals surface area contributed by atoms with Crippen LogP contribution in [0.4, 0.5) is 0 Å². The molecule has 0 saturated carbocycles. The van der Waals surface area contributed by atoms with E-state index in [1.807, 2.05) is 0 Å². The molecule has 0 fully saturated rings. The molecule has 200 valence electrons. The van der Waals surface area contributed by atoms with Crippen molar-refractivity contribution < 1.29 is 27.6 Å². The first-order valence-electron chi connectivity index (χ1n) is 13.5. The first-order valence-corrected chi connectivity index (χ1v) is 15.4. The predicted octanol–water partition coefficient (Wildman–Crippen LogP) is 8.07. The normalized spacial score (nSPS) is 11.0. The van der Waals surface area contributed by atoms with Crippen LogP contribution in [0.5, 0.6) is 5.75 Å². The van der Waals surface area contributed by atoms with E-state index in [1.165, 1.54) is 83.5 Å². The Balaban J connectivity index is 2.18. The molecule has 1 rings (SSSR count). The van der Waals surface area contributed by atoms with Crippen molar-refractivity contribution >= 4 is 33.1 Å². The molecule has 0 aromatic heterocycles. The first kappa shape index (κ1) is 31.5. The minimum atomic E-state index is -1.71. The second-order valence-electron chi connectivity index (χ2n) is 9.39. The summed E-state index contributed by atoms with van der Waals surface area (Å²) in [6.07, 6.45) is 20.1. The standard InChI is InChI=1S/C28H45IO6/c1-2-3-4-5-6-7-8-9-10-11-12-13-14-15-16-17-20-35-25-19-18-23(21-26(30)31)28(29-34)24(25)22-27(32)33/h18-19H,2-17,20-22H2,1H3,(H,30,31)(H,32,33). The molecular formula is C28H45IO6. The summed E-state index contributed by atoms with van der Waals surface area (Å²) in [5.74, 6) is -1.68. The maximum atomic E-state index is 11.8. The van der Waals surface area contributed by atoms with E-state index in [4.69, 9.17) is 9.84 Å². The van der Waals surface area contributed by atoms with Crippen LogP contribution in [0, 0.1) is 3.57 Å². The Labute approximate surface area is 221 Å². The molecule has 0 aliphatic heterocycles. The van der Waals surface area contributed by atoms with Gasteiger partial charge in [-0.3, -0.25) is 12.7 Å². The van der Waals surface area contributed by atoms with E-state index in [0.717, 1.165) is 19.3 Å². The fraction of sp³-hybridized carbons (Fsp3) is 0.714. The van der Waals surface area contributed by atoms with Crippen molar-refractivity contribution in [1.82, 2.24) is 0 Å². The van der Waals surface area contributed by atoms with Gasteiger partial charge in [-0.2, -0.15) is 0 Å². The minimum Gasteiger partial charge on any atom is -0.493 e. The van der Waals surface area contributed by atoms with Crippen LogP contribution in [0.25, 0.3) is 0 Å². The SMILES string of the molecule is CCCCCCCCCCCCCCCCCCOc1ccc(CC(=O)O)c(I=O)c1CC(=O)O. The van der Waals surface area contributed by atoms with Gasteiger partial charge in [-0.1, -0.05) is 109 Å². The molecule has 0 amide bonds. The minimum absolute atomic E-state index is 0.274. The van der Waals surface area contributed by atoms with Crippen LogP contribution in [0.15, 0.2) is 12.1 Å². The lowest BCUT2D eigenvalue weighted by atomic mass is 10.0. The van der Waals surface area contributed by atoms with Crippen molar-refractivity contribution in [1.29, 1.82) is 0 Å². The highest BCUT2D eigenvalue weighted by Gasteiger charge is 2.19. The Morgan fingerprint density at radius 2 is 1.17 bits per heavy atom. The summed E-state index contributed by atoms with van der Waals surface area (Å²) in [6.45, 7) is 2.73. The maximum absolute atomic E-state index is 11.8. The smallest absolute Gasteiger partial charge is 0.308 e. The quantitative estimate of drug-likeness (QED) is 0.0968. The number of rotatable bonds is 23. The van der Waals surface area contributed by atoms with Crippen molar-refractivity contribution in [2.45, 2.75) is 122 Å². The molecular weight excluding hydrogens is 559 g/mol. The summed E-state index contributed by atoms with van der Waals surface area (Å²) in [5.41, 5.74) is 0.766. The van der Waals surface area contributed by atoms with Gasteiger partial charge >= 0.3 is 11.9 Å². The largest absolute Gasteiger partial charge is 0.493 e. The van der Waals surface area contributed by atoms with Crippen LogP contribution < -0.4 is 4.74 Å². The number of carbonyl (C=O) groups is 2. The highest BCUT2D eigenvalue weighted by Crippen LogP contribution is 2.31. The van der Waals surface area contributed by atoms with Crippen LogP contribution >= 0.6 is 21.2 Å². The fourth-order valence-corrected chi connectivity index (χ4v) is 5.71. The Bertz CT molecular complexity index is 749. The van der Waals surface area contributed by atoms with Crippen LogP contribution in [0.2, 0.25) is 0 Å². The molecule has 0 aliphatic carbocycles. The fourth-order valence-electron chi connectivity index (χ4n) is 4.33. The van der Waals surface area contributed by atoms with Crippen molar-refractivity contribution in [2.75, 3.05) is 6.61 Å². The summed E-state index contributed by atoms with van der Waals surface area (Å²) < 4.78 is 18.0. The zero-order valence-corrected chi connectivity index (χ0v) is 23.7. The van der Waals surface area contributed by atoms with Crippen LogP contribution in [-0.4, -0.2) is 28.8 Å². The number of halogens is 1. The van der Waals surface area contributed by atoms with Gasteiger partial charge in [0.15, 0.2) is 21.2 Å². The Kier molecular flexibility index (Phi) is 18.6. The third kappa shape index (κ3) is 15.3. The first-order chi connectivity index (χ1) is 17.0. The Morgan fingerprint density at radius 1 is 0.714 bits per heavy atom. The average Bonchev–Trinajstić information content (AvgIpc) is 2.81. The number of hydrogen-bond acceptors (Lipinski definition) is 4. The molecule has 0 spiro atoms. The summed E-state index contributed by atoms with van der Waals surface area (Å²) in [5, 5.41) is 18.3. The zero-order chi connectivity index (χ0) is 25.7. The second kappa shape index (κ2) is 20.7. The summed E-state index contributed by atoms with van der Waals surface area (Å²) in [7, 11) is 0. The molecule has 0 bridgehead atoms. The molecule has 0 radical (unpaired) electrons. The van der Waals surface area contributed by atoms with E-state index in [1.54, 1.807) is 12.1 Å². The molecule has 1 aromatic rings. The lowest BCUT2D eigenvalue weighted by Gasteiger charge is -2.14. The second-order valence-corrected chi connectivity index (χ2v) is 10.9. The summed E-state index contributed by atoms with van der Waals surface area (Å²) >= 11 is -1.71. The monoisotopic (exact) mass is 604 g/mol. The van der Waals surface area contributed by atoms with Crippen molar-refractivity contribution in [3.63, 3.8) is 0 Å². The van der Waals surface area contributed by atoms with Gasteiger partial charge in [0.2, 0.25) is 0 Å². The molecule has 0 atom stereocenters. The molecule has 0 heterocycles. The molecule has 2 N–H and O–H groups in total. The highest BCUT2D eigenvalue weighted by molar-refractivity contribution is 14.1. The number of hydrogen-bond donors (Lipinski definition) is 2. The number of carboxylic acids is 2. The third-order valence-corrected chi connectivity index (χ3v) is 8.07. The Morgan fingerprint density at radius 3 is 1.60 bits per heavy atom. The van der Waals surface area contributed by atoms with E-state index < -0.39 is 33.1 Å². The van der Waals surface area contributed by atoms with Crippen molar-refractivity contribution in [3.8, 4) is 5.75 Å². The van der Waals surface area contributed by atoms with Gasteiger partial charge in [0.25, 0.3) is 0 Å². The molecule has 7 heteroatoms. The average molecular weight is 605 g/mol. The number of unbranched alkanes of at least 4 members (excludes halogenated alkanes) is 15. The van der Waals surface area contributed by atoms with Gasteiger partial charge in [-0.25, -0.2) is 0 Å². The predicted molar refractivity (Wildman–Crippen MR) is 148 cm³/mol. The topological polar surface area (TPSA) is 101 Å². The van der Waals surface area contributed by atoms with Gasteiger partial charge in [0.05, 0.1) is 23.0 Å². The molecule has 0 saturated heterocycles. The van der Waals surface area contributed by atoms with Crippen molar-refractivity contribution in [3.05, 3.63) is 26.8 Å². The van der Waals surface area contributed by atoms with Gasteiger partial charge in [0.1, 0.15) is 5.75 Å². The number of carboxylic acid groups (broad SMARTS) is 2. The number of benzene rings is 1. The van der Waals surface area contributed by atoms with Gasteiger partial charge < -0.3 is 14.9 Å². The lowest BCUT2D eigenvalue weighted by Crippen LogP contribution is -2.10. The van der Waals surface area contributed by atoms with Crippen molar-refractivity contribution in [2.24, 2.45) is 0 Å². The van der Waals surface area contributed by atoms with E-state index in [-0.39, 0.29) is 12.8 Å². The van der Waals surface area contributed by atoms with E-state index in [9.17, 15) is 17.8 Å². The number of ether oxygens (including phenoxy) is 1. The number of aliphatic carboxylic acids is 2. The Hall–Kier alpha value is -1.51. The van der Waals surface area contributed by atoms with E-state index >= 15 is 0 Å². The van der Waals surface area contributed by atoms with Crippen LogP contribution in [-0.2, 0) is 25.5 Å². The van der Waals surface area contributed by atoms with E-state index in [0.29, 0.717) is 27.1 Å². The summed E-state index contributed by atoms with van der Waals surface area (Å²) in [6, 6.07) is 3.21. The van der Waals surface area contributed by atoms with Gasteiger partial charge in [-0.15, -0.1) is 0 Å². The highest BCUT2D eigenvalue weighted by atomic mass is 127. The van der Waals surface area contributed by atoms with Crippen LogP contribution in [0.1, 0.15) is 121 Å². The summed E-state index contributed by atoms with van der Waals surface area (Å²) in [4.78, 5) is 22.4. The third-order valence-electron chi connectivity index (χ3n) is 6.28. The molecule has 1 aromatic carbocycles. The maximum Gasteiger partial charge on any atom is 0.308 e. The van der Waals surface area contributed by atoms with Gasteiger partial charge in [0, 0.05) is 5.56 Å². The molecule has 0 unspecified atom stereocenters. The van der Waals surface area contributed by atoms with Gasteiger partial charge in [-0.05, 0) is 18.1 Å². The van der Waals surface area contributed by atoms with Crippen LogP contribution in [0.3, 0.4) is 0 Å². The lowest BCUT2D eigenvalue weighted by molar-refractivity contribution is -0.137. The van der Waals surface area contributed by atoms with E-state index in [2.05, 4.69) is 6.92 Å². The molecule has 35 heavy (non-hydrogen) atoms. The molecule has 6 nitrogen and oxygen atoms in total.